The molecule has 2 aromatic rings. The second-order valence-electron chi connectivity index (χ2n) is 6.46. The van der Waals surface area contributed by atoms with Gasteiger partial charge in [0.25, 0.3) is 5.91 Å². The minimum Gasteiger partial charge on any atom is -0.393 e. The average molecular weight is 331 g/mol. The van der Waals surface area contributed by atoms with Gasteiger partial charge in [0.05, 0.1) is 11.8 Å². The Labute approximate surface area is 140 Å². The lowest BCUT2D eigenvalue weighted by Gasteiger charge is -2.25. The van der Waals surface area contributed by atoms with Crippen molar-refractivity contribution >= 4 is 5.91 Å². The molecule has 1 aliphatic rings. The molecule has 1 heterocycles. The van der Waals surface area contributed by atoms with E-state index in [0.29, 0.717) is 23.8 Å². The predicted octanol–water partition coefficient (Wildman–Crippen LogP) is 2.60. The van der Waals surface area contributed by atoms with E-state index in [1.165, 1.54) is 12.1 Å². The predicted molar refractivity (Wildman–Crippen MR) is 88.6 cm³/mol. The Morgan fingerprint density at radius 3 is 3.00 bits per heavy atom. The summed E-state index contributed by atoms with van der Waals surface area (Å²) < 4.78 is 14.9. The van der Waals surface area contributed by atoms with E-state index in [1.54, 1.807) is 22.9 Å². The number of aliphatic hydroxyl groups excluding tert-OH is 1. The van der Waals surface area contributed by atoms with Gasteiger partial charge in [0.15, 0.2) is 5.69 Å². The van der Waals surface area contributed by atoms with E-state index in [4.69, 9.17) is 0 Å². The first-order chi connectivity index (χ1) is 11.5. The van der Waals surface area contributed by atoms with Crippen molar-refractivity contribution in [2.24, 2.45) is 5.92 Å². The number of halogens is 1. The van der Waals surface area contributed by atoms with E-state index in [1.807, 2.05) is 6.92 Å². The molecule has 2 unspecified atom stereocenters. The molecule has 0 saturated heterocycles. The lowest BCUT2D eigenvalue weighted by Crippen LogP contribution is -2.33. The normalized spacial score (nSPS) is 20.8. The fourth-order valence-electron chi connectivity index (χ4n) is 3.23. The molecule has 1 aromatic heterocycles. The van der Waals surface area contributed by atoms with Crippen LogP contribution >= 0.6 is 0 Å². The molecule has 1 fully saturated rings. The molecule has 2 atom stereocenters. The van der Waals surface area contributed by atoms with Crippen molar-refractivity contribution in [3.63, 3.8) is 0 Å². The van der Waals surface area contributed by atoms with Crippen LogP contribution in [0.15, 0.2) is 30.3 Å². The first-order valence-corrected chi connectivity index (χ1v) is 8.32. The smallest absolute Gasteiger partial charge is 0.271 e. The number of amides is 1. The van der Waals surface area contributed by atoms with Crippen molar-refractivity contribution in [2.75, 3.05) is 6.54 Å². The van der Waals surface area contributed by atoms with Gasteiger partial charge in [-0.1, -0.05) is 12.5 Å². The molecule has 1 aromatic carbocycles. The van der Waals surface area contributed by atoms with Crippen LogP contribution in [0.3, 0.4) is 0 Å². The molecule has 6 heteroatoms. The van der Waals surface area contributed by atoms with Gasteiger partial charge >= 0.3 is 0 Å². The van der Waals surface area contributed by atoms with Crippen LogP contribution in [-0.2, 0) is 0 Å². The van der Waals surface area contributed by atoms with Crippen molar-refractivity contribution in [1.82, 2.24) is 15.1 Å². The van der Waals surface area contributed by atoms with Gasteiger partial charge in [0.2, 0.25) is 0 Å². The van der Waals surface area contributed by atoms with Gasteiger partial charge in [-0.15, -0.1) is 0 Å². The fourth-order valence-corrected chi connectivity index (χ4v) is 3.23. The molecule has 5 nitrogen and oxygen atoms in total. The van der Waals surface area contributed by atoms with Crippen molar-refractivity contribution in [1.29, 1.82) is 0 Å². The third-order valence-electron chi connectivity index (χ3n) is 4.48. The van der Waals surface area contributed by atoms with Crippen LogP contribution in [0.4, 0.5) is 4.39 Å². The number of benzene rings is 1. The lowest BCUT2D eigenvalue weighted by atomic mass is 9.87. The number of hydrogen-bond donors (Lipinski definition) is 2. The fraction of sp³-hybridized carbons (Fsp3) is 0.444. The van der Waals surface area contributed by atoms with Gasteiger partial charge in [-0.25, -0.2) is 9.07 Å². The number of hydrogen-bond acceptors (Lipinski definition) is 3. The lowest BCUT2D eigenvalue weighted by molar-refractivity contribution is 0.0870. The van der Waals surface area contributed by atoms with Gasteiger partial charge in [-0.3, -0.25) is 4.79 Å². The van der Waals surface area contributed by atoms with E-state index < -0.39 is 0 Å². The third kappa shape index (κ3) is 3.82. The number of nitrogens with zero attached hydrogens (tertiary/aromatic N) is 2. The monoisotopic (exact) mass is 331 g/mol. The third-order valence-corrected chi connectivity index (χ3v) is 4.48. The highest BCUT2D eigenvalue weighted by molar-refractivity contribution is 5.92. The number of carbonyl (C=O) groups is 1. The Hall–Kier alpha value is -2.21. The Balaban J connectivity index is 1.66. The summed E-state index contributed by atoms with van der Waals surface area (Å²) in [5, 5.41) is 16.9. The minimum absolute atomic E-state index is 0.242. The number of aryl methyl sites for hydroxylation is 1. The highest BCUT2D eigenvalue weighted by Gasteiger charge is 2.21. The molecular formula is C18H22FN3O2. The maximum atomic E-state index is 13.4. The molecule has 0 aliphatic heterocycles. The first kappa shape index (κ1) is 16.6. The first-order valence-electron chi connectivity index (χ1n) is 8.32. The molecule has 1 aliphatic carbocycles. The molecule has 1 amide bonds. The zero-order chi connectivity index (χ0) is 17.1. The number of aliphatic hydroxyl groups is 1. The van der Waals surface area contributed by atoms with Gasteiger partial charge in [0, 0.05) is 12.2 Å². The number of nitrogens with one attached hydrogen (secondary N) is 1. The Morgan fingerprint density at radius 1 is 1.42 bits per heavy atom. The van der Waals surface area contributed by atoms with E-state index in [0.717, 1.165) is 31.4 Å². The van der Waals surface area contributed by atoms with Crippen LogP contribution in [0, 0.1) is 18.7 Å². The SMILES string of the molecule is Cc1cc(C(=O)NCC2CCCC(O)C2)nn1-c1cccc(F)c1. The molecule has 2 N–H and O–H groups in total. The van der Waals surface area contributed by atoms with E-state index in [9.17, 15) is 14.3 Å². The maximum absolute atomic E-state index is 13.4. The quantitative estimate of drug-likeness (QED) is 0.905. The summed E-state index contributed by atoms with van der Waals surface area (Å²) in [6, 6.07) is 7.80. The van der Waals surface area contributed by atoms with Crippen molar-refractivity contribution in [3.8, 4) is 5.69 Å². The topological polar surface area (TPSA) is 67.2 Å². The maximum Gasteiger partial charge on any atom is 0.271 e. The van der Waals surface area contributed by atoms with Crippen LogP contribution in [0.2, 0.25) is 0 Å². The van der Waals surface area contributed by atoms with Crippen molar-refractivity contribution < 1.29 is 14.3 Å². The highest BCUT2D eigenvalue weighted by atomic mass is 19.1. The molecule has 0 radical (unpaired) electrons. The Morgan fingerprint density at radius 2 is 2.25 bits per heavy atom. The Kier molecular flexibility index (Phi) is 4.94. The van der Waals surface area contributed by atoms with Gasteiger partial charge in [-0.2, -0.15) is 5.10 Å². The molecule has 0 spiro atoms. The van der Waals surface area contributed by atoms with Crippen LogP contribution in [0.1, 0.15) is 41.9 Å². The number of aromatic nitrogens is 2. The summed E-state index contributed by atoms with van der Waals surface area (Å²) in [6.45, 7) is 2.37. The van der Waals surface area contributed by atoms with Crippen molar-refractivity contribution in [2.45, 2.75) is 38.7 Å². The van der Waals surface area contributed by atoms with Gasteiger partial charge < -0.3 is 10.4 Å². The van der Waals surface area contributed by atoms with Gasteiger partial charge in [0.1, 0.15) is 5.82 Å². The average Bonchev–Trinajstić information content (AvgIpc) is 2.95. The van der Waals surface area contributed by atoms with E-state index >= 15 is 0 Å². The summed E-state index contributed by atoms with van der Waals surface area (Å²) in [4.78, 5) is 12.3. The largest absolute Gasteiger partial charge is 0.393 e. The zero-order valence-corrected chi connectivity index (χ0v) is 13.7. The van der Waals surface area contributed by atoms with Crippen LogP contribution in [-0.4, -0.2) is 33.4 Å². The summed E-state index contributed by atoms with van der Waals surface area (Å²) in [6.07, 6.45) is 3.34. The molecule has 1 saturated carbocycles. The van der Waals surface area contributed by atoms with Gasteiger partial charge in [-0.05, 0) is 56.4 Å². The van der Waals surface area contributed by atoms with E-state index in [-0.39, 0.29) is 17.8 Å². The summed E-state index contributed by atoms with van der Waals surface area (Å²) in [5.74, 6) is -0.276. The second kappa shape index (κ2) is 7.13. The number of rotatable bonds is 4. The van der Waals surface area contributed by atoms with E-state index in [2.05, 4.69) is 10.4 Å². The highest BCUT2D eigenvalue weighted by Crippen LogP contribution is 2.23. The van der Waals surface area contributed by atoms with Crippen LogP contribution in [0.25, 0.3) is 5.69 Å². The zero-order valence-electron chi connectivity index (χ0n) is 13.7. The molecular weight excluding hydrogens is 309 g/mol. The van der Waals surface area contributed by atoms with Crippen LogP contribution in [0.5, 0.6) is 0 Å². The standard InChI is InChI=1S/C18H22FN3O2/c1-12-8-17(21-22(12)15-6-3-5-14(19)10-15)18(24)20-11-13-4-2-7-16(23)9-13/h3,5-6,8,10,13,16,23H,2,4,7,9,11H2,1H3,(H,20,24). The summed E-state index contributed by atoms with van der Waals surface area (Å²) >= 11 is 0. The molecule has 3 rings (SSSR count). The molecule has 0 bridgehead atoms. The minimum atomic E-state index is -0.343. The second-order valence-corrected chi connectivity index (χ2v) is 6.46. The van der Waals surface area contributed by atoms with Crippen LogP contribution < -0.4 is 5.32 Å². The molecule has 128 valence electrons. The van der Waals surface area contributed by atoms with Crippen molar-refractivity contribution in [3.05, 3.63) is 47.5 Å². The Bertz CT molecular complexity index is 729. The summed E-state index contributed by atoms with van der Waals surface area (Å²) in [5.41, 5.74) is 1.66. The summed E-state index contributed by atoms with van der Waals surface area (Å²) in [7, 11) is 0. The number of carbonyl (C=O) groups excluding carboxylic acids is 1. The molecule has 24 heavy (non-hydrogen) atoms.